The number of carbonyl (C=O) groups excluding carboxylic acids is 2. The van der Waals surface area contributed by atoms with E-state index in [0.717, 1.165) is 31.6 Å². The van der Waals surface area contributed by atoms with Crippen LogP contribution in [0, 0.1) is 5.82 Å². The van der Waals surface area contributed by atoms with E-state index in [-0.39, 0.29) is 11.8 Å². The number of fused-ring (bicyclic) bond motifs is 1. The van der Waals surface area contributed by atoms with E-state index < -0.39 is 5.82 Å². The van der Waals surface area contributed by atoms with Gasteiger partial charge in [-0.2, -0.15) is 0 Å². The van der Waals surface area contributed by atoms with Crippen LogP contribution in [0.4, 0.5) is 10.1 Å². The topological polar surface area (TPSA) is 65.8 Å². The number of furan rings is 1. The summed E-state index contributed by atoms with van der Waals surface area (Å²) in [5, 5.41) is 2.73. The molecule has 7 heteroatoms. The molecule has 0 unspecified atom stereocenters. The van der Waals surface area contributed by atoms with Gasteiger partial charge in [0.25, 0.3) is 11.8 Å². The summed E-state index contributed by atoms with van der Waals surface area (Å²) in [6.07, 6.45) is 2.56. The highest BCUT2D eigenvalue weighted by Gasteiger charge is 2.25. The number of likely N-dealkylation sites (N-methyl/N-ethyl adjacent to an activating group) is 1. The highest BCUT2D eigenvalue weighted by molar-refractivity contribution is 6.34. The minimum absolute atomic E-state index is 0.0160. The molecule has 1 N–H and O–H groups in total. The van der Waals surface area contributed by atoms with E-state index in [0.29, 0.717) is 40.5 Å². The number of carbonyl (C=O) groups is 2. The second-order valence-electron chi connectivity index (χ2n) is 8.43. The monoisotopic (exact) mass is 445 g/mol. The predicted octanol–water partition coefficient (Wildman–Crippen LogP) is 4.36. The fourth-order valence-corrected chi connectivity index (χ4v) is 4.27. The zero-order chi connectivity index (χ0) is 22.9. The van der Waals surface area contributed by atoms with E-state index in [4.69, 9.17) is 4.42 Å². The maximum absolute atomic E-state index is 13.7. The number of anilines is 1. The summed E-state index contributed by atoms with van der Waals surface area (Å²) in [6, 6.07) is 15.1. The molecular weight excluding hydrogens is 421 g/mol. The molecule has 0 radical (unpaired) electrons. The number of nitrogens with zero attached hydrogens (tertiary/aromatic N) is 2. The van der Waals surface area contributed by atoms with Crippen molar-refractivity contribution in [3.63, 3.8) is 0 Å². The van der Waals surface area contributed by atoms with Crippen LogP contribution in [-0.4, -0.2) is 54.8 Å². The molecule has 1 fully saturated rings. The first-order valence-electron chi connectivity index (χ1n) is 11.0. The maximum Gasteiger partial charge on any atom is 0.256 e. The fraction of sp³-hybridized carbons (Fsp3) is 0.231. The van der Waals surface area contributed by atoms with Gasteiger partial charge in [-0.1, -0.05) is 12.1 Å². The molecule has 2 aliphatic heterocycles. The van der Waals surface area contributed by atoms with Crippen molar-refractivity contribution in [2.24, 2.45) is 0 Å². The van der Waals surface area contributed by atoms with Crippen LogP contribution in [0.15, 0.2) is 59.0 Å². The zero-order valence-corrected chi connectivity index (χ0v) is 18.3. The van der Waals surface area contributed by atoms with Crippen molar-refractivity contribution < 1.29 is 18.4 Å². The van der Waals surface area contributed by atoms with Gasteiger partial charge in [0.1, 0.15) is 17.3 Å². The van der Waals surface area contributed by atoms with E-state index in [9.17, 15) is 14.0 Å². The third-order valence-corrected chi connectivity index (χ3v) is 6.08. The Balaban J connectivity index is 1.39. The van der Waals surface area contributed by atoms with Crippen LogP contribution < -0.4 is 5.32 Å². The molecule has 3 heterocycles. The largest absolute Gasteiger partial charge is 0.457 e. The van der Waals surface area contributed by atoms with E-state index in [1.165, 1.54) is 12.1 Å². The number of nitrogens with one attached hydrogen (secondary N) is 1. The molecule has 3 aromatic rings. The summed E-state index contributed by atoms with van der Waals surface area (Å²) in [5.74, 6) is 0.366. The van der Waals surface area contributed by atoms with E-state index in [1.54, 1.807) is 24.3 Å². The van der Waals surface area contributed by atoms with Crippen LogP contribution >= 0.6 is 0 Å². The first-order chi connectivity index (χ1) is 16.0. The van der Waals surface area contributed by atoms with Crippen LogP contribution in [0.5, 0.6) is 0 Å². The van der Waals surface area contributed by atoms with Gasteiger partial charge in [-0.25, -0.2) is 4.39 Å². The van der Waals surface area contributed by atoms with E-state index in [1.807, 2.05) is 29.2 Å². The average molecular weight is 445 g/mol. The fourth-order valence-electron chi connectivity index (χ4n) is 4.27. The summed E-state index contributed by atoms with van der Waals surface area (Å²) < 4.78 is 19.6. The first-order valence-corrected chi connectivity index (χ1v) is 11.0. The van der Waals surface area contributed by atoms with Gasteiger partial charge in [0, 0.05) is 42.0 Å². The molecule has 0 bridgehead atoms. The Hall–Kier alpha value is -3.71. The molecule has 5 rings (SSSR count). The lowest BCUT2D eigenvalue weighted by Crippen LogP contribution is -2.34. The summed E-state index contributed by atoms with van der Waals surface area (Å²) in [7, 11) is 2.07. The molecule has 0 atom stereocenters. The molecule has 2 amide bonds. The molecule has 2 aliphatic rings. The third-order valence-electron chi connectivity index (χ3n) is 6.08. The van der Waals surface area contributed by atoms with Gasteiger partial charge in [0.2, 0.25) is 0 Å². The summed E-state index contributed by atoms with van der Waals surface area (Å²) in [5.41, 5.74) is 2.83. The minimum atomic E-state index is -0.409. The Morgan fingerprint density at radius 1 is 1.06 bits per heavy atom. The van der Waals surface area contributed by atoms with Crippen molar-refractivity contribution in [1.29, 1.82) is 0 Å². The molecule has 6 nitrogen and oxygen atoms in total. The van der Waals surface area contributed by atoms with Crippen LogP contribution in [0.2, 0.25) is 0 Å². The highest BCUT2D eigenvalue weighted by Crippen LogP contribution is 2.34. The number of halogens is 1. The van der Waals surface area contributed by atoms with Crippen LogP contribution in [0.3, 0.4) is 0 Å². The van der Waals surface area contributed by atoms with Crippen molar-refractivity contribution in [3.05, 3.63) is 77.3 Å². The smallest absolute Gasteiger partial charge is 0.256 e. The van der Waals surface area contributed by atoms with Crippen LogP contribution in [-0.2, 0) is 4.79 Å². The van der Waals surface area contributed by atoms with Gasteiger partial charge in [0.15, 0.2) is 0 Å². The van der Waals surface area contributed by atoms with Gasteiger partial charge in [-0.15, -0.1) is 0 Å². The summed E-state index contributed by atoms with van der Waals surface area (Å²) in [6.45, 7) is 3.31. The first kappa shape index (κ1) is 21.2. The lowest BCUT2D eigenvalue weighted by Gasteiger charge is -2.20. The molecule has 33 heavy (non-hydrogen) atoms. The Morgan fingerprint density at radius 2 is 1.94 bits per heavy atom. The number of hydrogen-bond donors (Lipinski definition) is 1. The quantitative estimate of drug-likeness (QED) is 0.609. The molecule has 0 aliphatic carbocycles. The van der Waals surface area contributed by atoms with Crippen LogP contribution in [0.25, 0.3) is 23.0 Å². The average Bonchev–Trinajstić information content (AvgIpc) is 3.33. The number of amides is 2. The minimum Gasteiger partial charge on any atom is -0.457 e. The van der Waals surface area contributed by atoms with Crippen molar-refractivity contribution >= 4 is 29.2 Å². The molecule has 168 valence electrons. The van der Waals surface area contributed by atoms with Gasteiger partial charge in [-0.05, 0) is 68.6 Å². The third kappa shape index (κ3) is 4.32. The zero-order valence-electron chi connectivity index (χ0n) is 18.3. The van der Waals surface area contributed by atoms with Crippen molar-refractivity contribution in [2.75, 3.05) is 38.5 Å². The maximum atomic E-state index is 13.7. The molecule has 2 aromatic carbocycles. The van der Waals surface area contributed by atoms with E-state index in [2.05, 4.69) is 17.3 Å². The van der Waals surface area contributed by atoms with Crippen LogP contribution in [0.1, 0.15) is 28.1 Å². The highest BCUT2D eigenvalue weighted by atomic mass is 19.1. The van der Waals surface area contributed by atoms with Gasteiger partial charge >= 0.3 is 0 Å². The molecule has 1 aromatic heterocycles. The number of benzene rings is 2. The lowest BCUT2D eigenvalue weighted by atomic mass is 10.1. The Bertz CT molecular complexity index is 1260. The van der Waals surface area contributed by atoms with Gasteiger partial charge < -0.3 is 19.5 Å². The van der Waals surface area contributed by atoms with Gasteiger partial charge in [0.05, 0.1) is 5.57 Å². The molecule has 1 saturated heterocycles. The predicted molar refractivity (Wildman–Crippen MR) is 125 cm³/mol. The molecule has 0 saturated carbocycles. The number of rotatable bonds is 3. The second-order valence-corrected chi connectivity index (χ2v) is 8.43. The van der Waals surface area contributed by atoms with Crippen molar-refractivity contribution in [3.8, 4) is 11.3 Å². The summed E-state index contributed by atoms with van der Waals surface area (Å²) in [4.78, 5) is 29.5. The summed E-state index contributed by atoms with van der Waals surface area (Å²) >= 11 is 0. The molecule has 0 spiro atoms. The Morgan fingerprint density at radius 3 is 2.82 bits per heavy atom. The van der Waals surface area contributed by atoms with Crippen molar-refractivity contribution in [2.45, 2.75) is 6.42 Å². The lowest BCUT2D eigenvalue weighted by molar-refractivity contribution is -0.110. The normalized spacial score (nSPS) is 17.7. The standard InChI is InChI=1S/C26H24FN3O3/c1-29-10-3-11-30(13-12-29)26(32)18-5-2-4-17(14-18)24-9-7-20(33-24)16-22-21-15-19(27)6-8-23(21)28-25(22)31/h2,4-9,14-16H,3,10-13H2,1H3,(H,28,31)/b22-16+. The Kier molecular flexibility index (Phi) is 5.56. The second kappa shape index (κ2) is 8.67. The molecular formula is C26H24FN3O3. The Labute approximate surface area is 191 Å². The van der Waals surface area contributed by atoms with Gasteiger partial charge in [-0.3, -0.25) is 9.59 Å². The van der Waals surface area contributed by atoms with E-state index >= 15 is 0 Å². The SMILES string of the molecule is CN1CCCN(C(=O)c2cccc(-c3ccc(/C=C4/C(=O)Nc5ccc(F)cc54)o3)c2)CC1. The van der Waals surface area contributed by atoms with Crippen molar-refractivity contribution in [1.82, 2.24) is 9.80 Å². The number of hydrogen-bond acceptors (Lipinski definition) is 4.